The number of carbonyl (C=O) groups excluding carboxylic acids is 1. The Morgan fingerprint density at radius 3 is 2.63 bits per heavy atom. The van der Waals surface area contributed by atoms with Gasteiger partial charge >= 0.3 is 0 Å². The summed E-state index contributed by atoms with van der Waals surface area (Å²) in [5, 5.41) is 0. The van der Waals surface area contributed by atoms with Gasteiger partial charge in [0.25, 0.3) is 0 Å². The van der Waals surface area contributed by atoms with Gasteiger partial charge in [0.2, 0.25) is 5.91 Å². The van der Waals surface area contributed by atoms with Crippen LogP contribution in [0.1, 0.15) is 45.4 Å². The molecule has 0 spiro atoms. The quantitative estimate of drug-likeness (QED) is 0.849. The summed E-state index contributed by atoms with van der Waals surface area (Å²) in [6, 6.07) is 0. The largest absolute Gasteiger partial charge is 0.379 e. The lowest BCUT2D eigenvalue weighted by atomic mass is 9.72. The summed E-state index contributed by atoms with van der Waals surface area (Å²) in [4.78, 5) is 14.9. The van der Waals surface area contributed by atoms with Gasteiger partial charge in [-0.15, -0.1) is 0 Å². The van der Waals surface area contributed by atoms with Crippen molar-refractivity contribution in [3.05, 3.63) is 0 Å². The van der Waals surface area contributed by atoms with E-state index < -0.39 is 0 Å². The van der Waals surface area contributed by atoms with Crippen molar-refractivity contribution in [2.45, 2.75) is 51.6 Å². The van der Waals surface area contributed by atoms with E-state index in [0.717, 1.165) is 45.2 Å². The van der Waals surface area contributed by atoms with Crippen molar-refractivity contribution in [3.8, 4) is 0 Å². The molecule has 2 aliphatic rings. The van der Waals surface area contributed by atoms with Crippen molar-refractivity contribution in [1.82, 2.24) is 4.90 Å². The molecule has 2 fully saturated rings. The van der Waals surface area contributed by atoms with Crippen molar-refractivity contribution >= 4 is 5.91 Å². The lowest BCUT2D eigenvalue weighted by molar-refractivity contribution is -0.148. The summed E-state index contributed by atoms with van der Waals surface area (Å²) < 4.78 is 5.51. The predicted octanol–water partition coefficient (Wildman–Crippen LogP) is 1.78. The maximum Gasteiger partial charge on any atom is 0.230 e. The van der Waals surface area contributed by atoms with E-state index in [1.165, 1.54) is 6.42 Å². The van der Waals surface area contributed by atoms with Gasteiger partial charge in [-0.2, -0.15) is 0 Å². The summed E-state index contributed by atoms with van der Waals surface area (Å²) in [5.41, 5.74) is 5.68. The molecule has 1 saturated carbocycles. The highest BCUT2D eigenvalue weighted by Gasteiger charge is 2.42. The molecular weight excluding hydrogens is 240 g/mol. The molecule has 110 valence electrons. The van der Waals surface area contributed by atoms with Crippen LogP contribution in [0.3, 0.4) is 0 Å². The SMILES string of the molecule is COC1CN(C(=O)C2(CN)CCCCC2)CCC1C. The van der Waals surface area contributed by atoms with Gasteiger partial charge in [-0.1, -0.05) is 26.2 Å². The van der Waals surface area contributed by atoms with Gasteiger partial charge in [-0.3, -0.25) is 4.79 Å². The standard InChI is InChI=1S/C15H28N2O2/c1-12-6-9-17(10-13(12)19-2)14(18)15(11-16)7-4-3-5-8-15/h12-13H,3-11,16H2,1-2H3. The number of amides is 1. The van der Waals surface area contributed by atoms with Crippen LogP contribution in [0.5, 0.6) is 0 Å². The molecule has 2 N–H and O–H groups in total. The molecule has 1 saturated heterocycles. The topological polar surface area (TPSA) is 55.6 Å². The van der Waals surface area contributed by atoms with Crippen LogP contribution in [0.4, 0.5) is 0 Å². The van der Waals surface area contributed by atoms with Gasteiger partial charge in [-0.25, -0.2) is 0 Å². The molecular formula is C15H28N2O2. The van der Waals surface area contributed by atoms with E-state index in [4.69, 9.17) is 10.5 Å². The number of likely N-dealkylation sites (tertiary alicyclic amines) is 1. The second-order valence-corrected chi connectivity index (χ2v) is 6.34. The second kappa shape index (κ2) is 6.23. The maximum absolute atomic E-state index is 12.9. The fraction of sp³-hybridized carbons (Fsp3) is 0.933. The maximum atomic E-state index is 12.9. The number of hydrogen-bond acceptors (Lipinski definition) is 3. The lowest BCUT2D eigenvalue weighted by Crippen LogP contribution is -2.54. The Bertz CT molecular complexity index is 313. The van der Waals surface area contributed by atoms with Crippen LogP contribution in [0.2, 0.25) is 0 Å². The minimum Gasteiger partial charge on any atom is -0.379 e. The molecule has 1 aliphatic carbocycles. The van der Waals surface area contributed by atoms with Gasteiger partial charge in [-0.05, 0) is 25.2 Å². The molecule has 19 heavy (non-hydrogen) atoms. The van der Waals surface area contributed by atoms with Crippen LogP contribution in [0.25, 0.3) is 0 Å². The highest BCUT2D eigenvalue weighted by molar-refractivity contribution is 5.83. The molecule has 2 unspecified atom stereocenters. The number of carbonyl (C=O) groups is 1. The van der Waals surface area contributed by atoms with Gasteiger partial charge in [0.15, 0.2) is 0 Å². The van der Waals surface area contributed by atoms with Crippen LogP contribution >= 0.6 is 0 Å². The summed E-state index contributed by atoms with van der Waals surface area (Å²) in [5.74, 6) is 0.817. The minimum atomic E-state index is -0.281. The number of piperidine rings is 1. The zero-order valence-corrected chi connectivity index (χ0v) is 12.4. The molecule has 0 aromatic rings. The van der Waals surface area contributed by atoms with Crippen LogP contribution < -0.4 is 5.73 Å². The number of ether oxygens (including phenoxy) is 1. The molecule has 4 heteroatoms. The summed E-state index contributed by atoms with van der Waals surface area (Å²) in [6.07, 6.45) is 6.66. The molecule has 1 heterocycles. The Balaban J connectivity index is 2.05. The zero-order chi connectivity index (χ0) is 13.9. The van der Waals surface area contributed by atoms with Crippen LogP contribution in [-0.2, 0) is 9.53 Å². The molecule has 2 rings (SSSR count). The van der Waals surface area contributed by atoms with Crippen molar-refractivity contribution in [3.63, 3.8) is 0 Å². The molecule has 0 radical (unpaired) electrons. The summed E-state index contributed by atoms with van der Waals surface area (Å²) in [7, 11) is 1.74. The van der Waals surface area contributed by atoms with E-state index in [-0.39, 0.29) is 17.4 Å². The smallest absolute Gasteiger partial charge is 0.230 e. The number of rotatable bonds is 3. The molecule has 0 bridgehead atoms. The van der Waals surface area contributed by atoms with Crippen LogP contribution in [0.15, 0.2) is 0 Å². The molecule has 0 aromatic carbocycles. The number of nitrogens with zero attached hydrogens (tertiary/aromatic N) is 1. The minimum absolute atomic E-state index is 0.177. The Hall–Kier alpha value is -0.610. The second-order valence-electron chi connectivity index (χ2n) is 6.34. The first kappa shape index (κ1) is 14.8. The summed E-state index contributed by atoms with van der Waals surface area (Å²) in [6.45, 7) is 4.30. The Labute approximate surface area is 116 Å². The number of nitrogens with two attached hydrogens (primary N) is 1. The van der Waals surface area contributed by atoms with E-state index >= 15 is 0 Å². The Morgan fingerprint density at radius 1 is 1.37 bits per heavy atom. The fourth-order valence-corrected chi connectivity index (χ4v) is 3.59. The first-order valence-corrected chi connectivity index (χ1v) is 7.65. The molecule has 0 aromatic heterocycles. The predicted molar refractivity (Wildman–Crippen MR) is 75.7 cm³/mol. The monoisotopic (exact) mass is 268 g/mol. The third-order valence-electron chi connectivity index (χ3n) is 5.13. The zero-order valence-electron chi connectivity index (χ0n) is 12.4. The van der Waals surface area contributed by atoms with E-state index in [1.54, 1.807) is 7.11 Å². The normalized spacial score (nSPS) is 31.2. The van der Waals surface area contributed by atoms with Crippen molar-refractivity contribution in [1.29, 1.82) is 0 Å². The van der Waals surface area contributed by atoms with Crippen LogP contribution in [0, 0.1) is 11.3 Å². The average Bonchev–Trinajstić information content (AvgIpc) is 2.47. The molecule has 1 aliphatic heterocycles. The Kier molecular flexibility index (Phi) is 4.85. The molecule has 2 atom stereocenters. The average molecular weight is 268 g/mol. The molecule has 1 amide bonds. The van der Waals surface area contributed by atoms with Crippen LogP contribution in [-0.4, -0.2) is 43.7 Å². The summed E-state index contributed by atoms with van der Waals surface area (Å²) >= 11 is 0. The van der Waals surface area contributed by atoms with E-state index in [9.17, 15) is 4.79 Å². The third kappa shape index (κ3) is 2.95. The third-order valence-corrected chi connectivity index (χ3v) is 5.13. The number of hydrogen-bond donors (Lipinski definition) is 1. The number of methoxy groups -OCH3 is 1. The van der Waals surface area contributed by atoms with E-state index in [1.807, 2.05) is 4.90 Å². The Morgan fingerprint density at radius 2 is 2.05 bits per heavy atom. The first-order chi connectivity index (χ1) is 9.13. The van der Waals surface area contributed by atoms with Gasteiger partial charge < -0.3 is 15.4 Å². The first-order valence-electron chi connectivity index (χ1n) is 7.65. The fourth-order valence-electron chi connectivity index (χ4n) is 3.59. The molecule has 4 nitrogen and oxygen atoms in total. The van der Waals surface area contributed by atoms with Gasteiger partial charge in [0, 0.05) is 26.7 Å². The van der Waals surface area contributed by atoms with Gasteiger partial charge in [0.1, 0.15) is 0 Å². The van der Waals surface area contributed by atoms with E-state index in [0.29, 0.717) is 12.5 Å². The van der Waals surface area contributed by atoms with Crippen molar-refractivity contribution in [2.24, 2.45) is 17.1 Å². The highest BCUT2D eigenvalue weighted by Crippen LogP contribution is 2.38. The highest BCUT2D eigenvalue weighted by atomic mass is 16.5. The van der Waals surface area contributed by atoms with Crippen molar-refractivity contribution in [2.75, 3.05) is 26.7 Å². The van der Waals surface area contributed by atoms with E-state index in [2.05, 4.69) is 6.92 Å². The van der Waals surface area contributed by atoms with Crippen molar-refractivity contribution < 1.29 is 9.53 Å². The lowest BCUT2D eigenvalue weighted by Gasteiger charge is -2.43. The van der Waals surface area contributed by atoms with Gasteiger partial charge in [0.05, 0.1) is 11.5 Å².